The van der Waals surface area contributed by atoms with E-state index in [4.69, 9.17) is 11.5 Å². The van der Waals surface area contributed by atoms with Crippen LogP contribution in [0.2, 0.25) is 0 Å². The molecule has 0 radical (unpaired) electrons. The van der Waals surface area contributed by atoms with Gasteiger partial charge in [0.2, 0.25) is 11.9 Å². The van der Waals surface area contributed by atoms with Crippen LogP contribution < -0.4 is 31.9 Å². The number of aromatic nitrogens is 4. The molecule has 3 aliphatic rings. The fourth-order valence-corrected chi connectivity index (χ4v) is 4.21. The molecule has 180 valence electrons. The van der Waals surface area contributed by atoms with E-state index >= 15 is 0 Å². The number of halogens is 2. The lowest BCUT2D eigenvalue weighted by molar-refractivity contribution is 0.0256. The molecule has 33 heavy (non-hydrogen) atoms. The van der Waals surface area contributed by atoms with Crippen molar-refractivity contribution in [3.63, 3.8) is 0 Å². The van der Waals surface area contributed by atoms with Crippen molar-refractivity contribution in [1.82, 2.24) is 19.9 Å². The second-order valence-corrected chi connectivity index (χ2v) is 8.40. The van der Waals surface area contributed by atoms with Crippen molar-refractivity contribution in [2.24, 2.45) is 0 Å². The molecule has 0 spiro atoms. The molecule has 11 nitrogen and oxygen atoms in total. The molecular weight excluding hydrogens is 434 g/mol. The third-order valence-electron chi connectivity index (χ3n) is 5.84. The SMILES string of the molecule is CNc1cc(N2CC[C@H](O)C2)nc(N)n1.Nc1nc2c(c(N3CCC(F)(F)C3)n1)CCCN2. The van der Waals surface area contributed by atoms with Crippen LogP contribution in [0.5, 0.6) is 0 Å². The van der Waals surface area contributed by atoms with E-state index in [-0.39, 0.29) is 31.0 Å². The first-order valence-electron chi connectivity index (χ1n) is 11.0. The minimum atomic E-state index is -2.63. The summed E-state index contributed by atoms with van der Waals surface area (Å²) in [6.45, 7) is 2.28. The van der Waals surface area contributed by atoms with Crippen LogP contribution in [0.25, 0.3) is 0 Å². The van der Waals surface area contributed by atoms with Crippen LogP contribution in [0.3, 0.4) is 0 Å². The molecule has 0 aliphatic carbocycles. The Balaban J connectivity index is 0.000000160. The number of hydrogen-bond donors (Lipinski definition) is 5. The highest BCUT2D eigenvalue weighted by Gasteiger charge is 2.40. The number of anilines is 6. The van der Waals surface area contributed by atoms with Crippen molar-refractivity contribution in [2.75, 3.05) is 71.7 Å². The predicted molar refractivity (Wildman–Crippen MR) is 124 cm³/mol. The number of nitrogen functional groups attached to an aromatic ring is 2. The molecule has 13 heteroatoms. The third-order valence-corrected chi connectivity index (χ3v) is 5.84. The maximum Gasteiger partial charge on any atom is 0.266 e. The van der Waals surface area contributed by atoms with Crippen molar-refractivity contribution in [2.45, 2.75) is 37.7 Å². The zero-order chi connectivity index (χ0) is 23.6. The summed E-state index contributed by atoms with van der Waals surface area (Å²) in [5, 5.41) is 15.5. The molecular formula is C20H30F2N10O. The van der Waals surface area contributed by atoms with Crippen molar-refractivity contribution >= 4 is 35.2 Å². The van der Waals surface area contributed by atoms with Gasteiger partial charge in [0.1, 0.15) is 23.3 Å². The average molecular weight is 465 g/mol. The lowest BCUT2D eigenvalue weighted by Gasteiger charge is -2.25. The summed E-state index contributed by atoms with van der Waals surface area (Å²) in [7, 11) is 1.78. The summed E-state index contributed by atoms with van der Waals surface area (Å²) >= 11 is 0. The number of hydrogen-bond acceptors (Lipinski definition) is 11. The maximum atomic E-state index is 13.3. The first-order valence-corrected chi connectivity index (χ1v) is 11.0. The lowest BCUT2D eigenvalue weighted by atomic mass is 10.1. The van der Waals surface area contributed by atoms with Gasteiger partial charge in [0.05, 0.1) is 12.6 Å². The Hall–Kier alpha value is -3.22. The largest absolute Gasteiger partial charge is 0.391 e. The Morgan fingerprint density at radius 2 is 1.94 bits per heavy atom. The van der Waals surface area contributed by atoms with E-state index in [1.165, 1.54) is 0 Å². The van der Waals surface area contributed by atoms with Gasteiger partial charge in [-0.05, 0) is 19.3 Å². The zero-order valence-corrected chi connectivity index (χ0v) is 18.6. The van der Waals surface area contributed by atoms with Crippen molar-refractivity contribution in [3.8, 4) is 0 Å². The van der Waals surface area contributed by atoms with E-state index < -0.39 is 5.92 Å². The van der Waals surface area contributed by atoms with Crippen LogP contribution in [0.4, 0.5) is 43.9 Å². The molecule has 0 amide bonds. The molecule has 1 atom stereocenters. The van der Waals surface area contributed by atoms with E-state index in [0.29, 0.717) is 30.5 Å². The summed E-state index contributed by atoms with van der Waals surface area (Å²) in [4.78, 5) is 20.0. The summed E-state index contributed by atoms with van der Waals surface area (Å²) in [6, 6.07) is 1.83. The standard InChI is InChI=1S/C11H15F2N5.C9H15N5O/c12-11(13)3-5-18(6-11)9-7-2-1-4-15-8(7)16-10(14)17-9;1-11-7-4-8(13-9(10)12-7)14-3-2-6(15)5-14/h1-6H2,(H3,14,15,16,17);4,6,15H,2-3,5H2,1H3,(H3,10,11,12,13)/t;6-/m.0/s1. The summed E-state index contributed by atoms with van der Waals surface area (Å²) in [5.74, 6) is 0.476. The number of nitrogens with one attached hydrogen (secondary N) is 2. The van der Waals surface area contributed by atoms with Crippen molar-refractivity contribution in [1.29, 1.82) is 0 Å². The molecule has 2 saturated heterocycles. The van der Waals surface area contributed by atoms with Crippen LogP contribution in [-0.4, -0.2) is 76.8 Å². The van der Waals surface area contributed by atoms with Crippen LogP contribution in [0.15, 0.2) is 6.07 Å². The van der Waals surface area contributed by atoms with Gasteiger partial charge in [-0.25, -0.2) is 8.78 Å². The van der Waals surface area contributed by atoms with Gasteiger partial charge in [0, 0.05) is 51.3 Å². The predicted octanol–water partition coefficient (Wildman–Crippen LogP) is 0.934. The third kappa shape index (κ3) is 5.41. The second-order valence-electron chi connectivity index (χ2n) is 8.40. The summed E-state index contributed by atoms with van der Waals surface area (Å²) < 4.78 is 26.6. The number of nitrogens with two attached hydrogens (primary N) is 2. The monoisotopic (exact) mass is 464 g/mol. The minimum absolute atomic E-state index is 0.126. The number of alkyl halides is 2. The quantitative estimate of drug-likeness (QED) is 0.441. The van der Waals surface area contributed by atoms with E-state index in [2.05, 4.69) is 30.6 Å². The molecule has 0 bridgehead atoms. The molecule has 3 aliphatic heterocycles. The molecule has 0 saturated carbocycles. The van der Waals surface area contributed by atoms with E-state index in [9.17, 15) is 13.9 Å². The van der Waals surface area contributed by atoms with Gasteiger partial charge in [-0.3, -0.25) is 0 Å². The second kappa shape index (κ2) is 9.33. The molecule has 2 fully saturated rings. The molecule has 5 heterocycles. The van der Waals surface area contributed by atoms with Crippen molar-refractivity contribution < 1.29 is 13.9 Å². The highest BCUT2D eigenvalue weighted by molar-refractivity contribution is 5.63. The Morgan fingerprint density at radius 1 is 1.15 bits per heavy atom. The van der Waals surface area contributed by atoms with Gasteiger partial charge in [0.25, 0.3) is 5.92 Å². The van der Waals surface area contributed by atoms with Gasteiger partial charge < -0.3 is 37.0 Å². The van der Waals surface area contributed by atoms with Gasteiger partial charge in [-0.2, -0.15) is 19.9 Å². The molecule has 7 N–H and O–H groups in total. The number of β-amino-alcohol motifs (C(OH)–C–C–N with tert-alkyl or cyclic N) is 1. The molecule has 0 unspecified atom stereocenters. The van der Waals surface area contributed by atoms with E-state index in [1.54, 1.807) is 11.9 Å². The Labute approximate surface area is 190 Å². The Morgan fingerprint density at radius 3 is 2.61 bits per heavy atom. The molecule has 0 aromatic carbocycles. The normalized spacial score (nSPS) is 21.2. The first-order chi connectivity index (χ1) is 15.7. The smallest absolute Gasteiger partial charge is 0.266 e. The van der Waals surface area contributed by atoms with E-state index in [1.807, 2.05) is 11.0 Å². The van der Waals surface area contributed by atoms with Gasteiger partial charge >= 0.3 is 0 Å². The highest BCUT2D eigenvalue weighted by Crippen LogP contribution is 2.35. The van der Waals surface area contributed by atoms with Crippen LogP contribution in [0.1, 0.15) is 24.8 Å². The first kappa shape index (κ1) is 23.0. The summed E-state index contributed by atoms with van der Waals surface area (Å²) in [5.41, 5.74) is 12.1. The fourth-order valence-electron chi connectivity index (χ4n) is 4.21. The number of aliphatic hydroxyl groups is 1. The number of aliphatic hydroxyl groups excluding tert-OH is 1. The minimum Gasteiger partial charge on any atom is -0.391 e. The van der Waals surface area contributed by atoms with Crippen LogP contribution in [-0.2, 0) is 6.42 Å². The number of nitrogens with zero attached hydrogens (tertiary/aromatic N) is 6. The summed E-state index contributed by atoms with van der Waals surface area (Å²) in [6.07, 6.45) is 2.15. The molecule has 5 rings (SSSR count). The van der Waals surface area contributed by atoms with Crippen molar-refractivity contribution in [3.05, 3.63) is 11.6 Å². The number of rotatable bonds is 3. The average Bonchev–Trinajstić information content (AvgIpc) is 3.38. The van der Waals surface area contributed by atoms with Gasteiger partial charge in [0.15, 0.2) is 0 Å². The van der Waals surface area contributed by atoms with Gasteiger partial charge in [-0.1, -0.05) is 0 Å². The maximum absolute atomic E-state index is 13.3. The lowest BCUT2D eigenvalue weighted by Crippen LogP contribution is -2.28. The van der Waals surface area contributed by atoms with Crippen LogP contribution >= 0.6 is 0 Å². The molecule has 2 aromatic rings. The molecule has 2 aromatic heterocycles. The van der Waals surface area contributed by atoms with E-state index in [0.717, 1.165) is 43.7 Å². The topological polar surface area (TPSA) is 154 Å². The Kier molecular flexibility index (Phi) is 6.49. The fraction of sp³-hybridized carbons (Fsp3) is 0.600. The zero-order valence-electron chi connectivity index (χ0n) is 18.6. The number of fused-ring (bicyclic) bond motifs is 1. The Bertz CT molecular complexity index is 992. The van der Waals surface area contributed by atoms with Crippen LogP contribution in [0, 0.1) is 0 Å². The van der Waals surface area contributed by atoms with Gasteiger partial charge in [-0.15, -0.1) is 0 Å². The highest BCUT2D eigenvalue weighted by atomic mass is 19.3.